The number of hydrogen-bond donors (Lipinski definition) is 1. The van der Waals surface area contributed by atoms with E-state index in [0.717, 1.165) is 35.2 Å². The molecule has 5 rings (SSSR count). The highest BCUT2D eigenvalue weighted by Gasteiger charge is 2.35. The molecule has 0 spiro atoms. The van der Waals surface area contributed by atoms with E-state index < -0.39 is 0 Å². The number of hydrogen-bond acceptors (Lipinski definition) is 4. The van der Waals surface area contributed by atoms with Crippen molar-refractivity contribution in [3.8, 4) is 0 Å². The van der Waals surface area contributed by atoms with Gasteiger partial charge in [0.15, 0.2) is 17.2 Å². The molecule has 7 heteroatoms. The topological polar surface area (TPSA) is 79.2 Å². The number of aromatic nitrogens is 5. The van der Waals surface area contributed by atoms with Gasteiger partial charge < -0.3 is 4.90 Å². The number of carbonyl (C=O) groups is 1. The summed E-state index contributed by atoms with van der Waals surface area (Å²) in [5.41, 5.74) is 2.13. The monoisotopic (exact) mass is 332 g/mol. The van der Waals surface area contributed by atoms with E-state index in [0.29, 0.717) is 12.2 Å². The summed E-state index contributed by atoms with van der Waals surface area (Å²) in [6.45, 7) is 0.701. The first kappa shape index (κ1) is 14.2. The lowest BCUT2D eigenvalue weighted by Crippen LogP contribution is -2.32. The third-order valence-electron chi connectivity index (χ3n) is 4.82. The fourth-order valence-corrected chi connectivity index (χ4v) is 3.63. The van der Waals surface area contributed by atoms with E-state index in [-0.39, 0.29) is 11.9 Å². The van der Waals surface area contributed by atoms with Crippen molar-refractivity contribution in [2.75, 3.05) is 6.54 Å². The molecule has 124 valence electrons. The van der Waals surface area contributed by atoms with Crippen LogP contribution in [0.25, 0.3) is 16.6 Å². The molecule has 0 aliphatic carbocycles. The van der Waals surface area contributed by atoms with Crippen LogP contribution in [0.3, 0.4) is 0 Å². The number of likely N-dealkylation sites (tertiary alicyclic amines) is 1. The van der Waals surface area contributed by atoms with Gasteiger partial charge in [0.2, 0.25) is 0 Å². The van der Waals surface area contributed by atoms with E-state index in [1.807, 2.05) is 58.0 Å². The lowest BCUT2D eigenvalue weighted by atomic mass is 10.1. The Hall–Kier alpha value is -3.22. The number of carbonyl (C=O) groups excluding carboxylic acids is 1. The summed E-state index contributed by atoms with van der Waals surface area (Å²) < 4.78 is 1.96. The van der Waals surface area contributed by atoms with Crippen LogP contribution in [0.4, 0.5) is 0 Å². The second kappa shape index (κ2) is 5.41. The predicted molar refractivity (Wildman–Crippen MR) is 92.1 cm³/mol. The van der Waals surface area contributed by atoms with Crippen LogP contribution in [0.5, 0.6) is 0 Å². The van der Waals surface area contributed by atoms with Gasteiger partial charge in [0.1, 0.15) is 0 Å². The zero-order valence-electron chi connectivity index (χ0n) is 13.5. The minimum atomic E-state index is -0.0830. The maximum atomic E-state index is 13.1. The number of pyridine rings is 1. The van der Waals surface area contributed by atoms with Crippen LogP contribution in [-0.2, 0) is 0 Å². The second-order valence-corrected chi connectivity index (χ2v) is 6.26. The molecular weight excluding hydrogens is 316 g/mol. The van der Waals surface area contributed by atoms with E-state index in [9.17, 15) is 4.79 Å². The average Bonchev–Trinajstić information content (AvgIpc) is 3.38. The van der Waals surface area contributed by atoms with Gasteiger partial charge >= 0.3 is 0 Å². The number of para-hydroxylation sites is 1. The smallest absolute Gasteiger partial charge is 0.275 e. The molecule has 1 amide bonds. The second-order valence-electron chi connectivity index (χ2n) is 6.26. The Morgan fingerprint density at radius 3 is 2.96 bits per heavy atom. The van der Waals surface area contributed by atoms with Gasteiger partial charge in [-0.3, -0.25) is 14.3 Å². The molecule has 1 aliphatic heterocycles. The molecule has 0 saturated carbocycles. The molecule has 1 atom stereocenters. The molecule has 4 aromatic rings. The average molecular weight is 332 g/mol. The fourth-order valence-electron chi connectivity index (χ4n) is 3.63. The molecule has 7 nitrogen and oxygen atoms in total. The highest BCUT2D eigenvalue weighted by molar-refractivity contribution is 6.04. The minimum Gasteiger partial charge on any atom is -0.327 e. The Labute approximate surface area is 143 Å². The molecule has 4 heterocycles. The van der Waals surface area contributed by atoms with Gasteiger partial charge in [-0.05, 0) is 31.0 Å². The standard InChI is InChI=1S/C18H16N6O/c25-18(16-12-6-1-2-7-13(12)19-21-16)23-11-5-8-14(23)17-22-20-15-9-3-4-10-24(15)17/h1-4,6-7,9-10,14H,5,8,11H2,(H,19,21). The van der Waals surface area contributed by atoms with Crippen LogP contribution in [0.1, 0.15) is 35.2 Å². The molecule has 3 aromatic heterocycles. The van der Waals surface area contributed by atoms with Gasteiger partial charge in [0.05, 0.1) is 11.6 Å². The molecule has 1 unspecified atom stereocenters. The molecular formula is C18H16N6O. The van der Waals surface area contributed by atoms with Gasteiger partial charge in [-0.15, -0.1) is 10.2 Å². The highest BCUT2D eigenvalue weighted by Crippen LogP contribution is 2.33. The van der Waals surface area contributed by atoms with Crippen molar-refractivity contribution in [2.24, 2.45) is 0 Å². The lowest BCUT2D eigenvalue weighted by Gasteiger charge is -2.22. The van der Waals surface area contributed by atoms with Crippen molar-refractivity contribution in [2.45, 2.75) is 18.9 Å². The predicted octanol–water partition coefficient (Wildman–Crippen LogP) is 2.58. The first-order chi connectivity index (χ1) is 12.3. The maximum Gasteiger partial charge on any atom is 0.275 e. The molecule has 1 aromatic carbocycles. The zero-order valence-corrected chi connectivity index (χ0v) is 13.5. The summed E-state index contributed by atoms with van der Waals surface area (Å²) in [4.78, 5) is 15.0. The quantitative estimate of drug-likeness (QED) is 0.612. The Morgan fingerprint density at radius 1 is 1.12 bits per heavy atom. The number of fused-ring (bicyclic) bond motifs is 2. The molecule has 0 radical (unpaired) electrons. The molecule has 1 fully saturated rings. The number of H-pyrrole nitrogens is 1. The van der Waals surface area contributed by atoms with Gasteiger partial charge in [0.25, 0.3) is 5.91 Å². The maximum absolute atomic E-state index is 13.1. The van der Waals surface area contributed by atoms with Gasteiger partial charge in [0, 0.05) is 18.1 Å². The summed E-state index contributed by atoms with van der Waals surface area (Å²) in [7, 11) is 0. The van der Waals surface area contributed by atoms with Gasteiger partial charge in [-0.25, -0.2) is 0 Å². The lowest BCUT2D eigenvalue weighted by molar-refractivity contribution is 0.0725. The first-order valence-electron chi connectivity index (χ1n) is 8.36. The Morgan fingerprint density at radius 2 is 2.00 bits per heavy atom. The Bertz CT molecular complexity index is 1080. The number of rotatable bonds is 2. The third kappa shape index (κ3) is 2.12. The van der Waals surface area contributed by atoms with Gasteiger partial charge in [-0.2, -0.15) is 5.10 Å². The van der Waals surface area contributed by atoms with Crippen molar-refractivity contribution >= 4 is 22.5 Å². The summed E-state index contributed by atoms with van der Waals surface area (Å²) in [6, 6.07) is 13.4. The van der Waals surface area contributed by atoms with Crippen LogP contribution in [-0.4, -0.2) is 42.1 Å². The molecule has 1 saturated heterocycles. The minimum absolute atomic E-state index is 0.0624. The van der Waals surface area contributed by atoms with E-state index in [2.05, 4.69) is 20.4 Å². The zero-order chi connectivity index (χ0) is 16.8. The number of aromatic amines is 1. The molecule has 25 heavy (non-hydrogen) atoms. The van der Waals surface area contributed by atoms with Crippen molar-refractivity contribution < 1.29 is 4.79 Å². The van der Waals surface area contributed by atoms with Gasteiger partial charge in [-0.1, -0.05) is 24.3 Å². The molecule has 1 N–H and O–H groups in total. The van der Waals surface area contributed by atoms with Crippen LogP contribution in [0, 0.1) is 0 Å². The van der Waals surface area contributed by atoms with E-state index >= 15 is 0 Å². The van der Waals surface area contributed by atoms with Crippen LogP contribution in [0.15, 0.2) is 48.7 Å². The van der Waals surface area contributed by atoms with Crippen molar-refractivity contribution in [1.82, 2.24) is 29.7 Å². The van der Waals surface area contributed by atoms with E-state index in [4.69, 9.17) is 0 Å². The summed E-state index contributed by atoms with van der Waals surface area (Å²) in [5, 5.41) is 16.6. The highest BCUT2D eigenvalue weighted by atomic mass is 16.2. The van der Waals surface area contributed by atoms with Crippen molar-refractivity contribution in [3.05, 3.63) is 60.2 Å². The molecule has 0 bridgehead atoms. The third-order valence-corrected chi connectivity index (χ3v) is 4.82. The number of nitrogens with zero attached hydrogens (tertiary/aromatic N) is 5. The summed E-state index contributed by atoms with van der Waals surface area (Å²) >= 11 is 0. The summed E-state index contributed by atoms with van der Waals surface area (Å²) in [6.07, 6.45) is 3.76. The SMILES string of the molecule is O=C(c1n[nH]c2ccccc12)N1CCCC1c1nnc2ccccn12. The number of benzene rings is 1. The number of nitrogens with one attached hydrogen (secondary N) is 1. The van der Waals surface area contributed by atoms with E-state index in [1.165, 1.54) is 0 Å². The van der Waals surface area contributed by atoms with Crippen LogP contribution in [0.2, 0.25) is 0 Å². The Kier molecular flexibility index (Phi) is 3.06. The fraction of sp³-hybridized carbons (Fsp3) is 0.222. The largest absolute Gasteiger partial charge is 0.327 e. The van der Waals surface area contributed by atoms with Crippen molar-refractivity contribution in [3.63, 3.8) is 0 Å². The van der Waals surface area contributed by atoms with Crippen LogP contribution >= 0.6 is 0 Å². The Balaban J connectivity index is 1.55. The molecule has 1 aliphatic rings. The normalized spacial score (nSPS) is 17.6. The van der Waals surface area contributed by atoms with Crippen LogP contribution < -0.4 is 0 Å². The van der Waals surface area contributed by atoms with Crippen molar-refractivity contribution in [1.29, 1.82) is 0 Å². The first-order valence-corrected chi connectivity index (χ1v) is 8.36. The van der Waals surface area contributed by atoms with E-state index in [1.54, 1.807) is 0 Å². The summed E-state index contributed by atoms with van der Waals surface area (Å²) in [5.74, 6) is 0.744. The number of amides is 1.